The molecule has 82 valence electrons. The number of alkyl halides is 1. The van der Waals surface area contributed by atoms with Crippen molar-refractivity contribution in [2.75, 3.05) is 0 Å². The van der Waals surface area contributed by atoms with Crippen molar-refractivity contribution in [3.8, 4) is 0 Å². The van der Waals surface area contributed by atoms with Gasteiger partial charge in [0.1, 0.15) is 5.67 Å². The predicted octanol–water partition coefficient (Wildman–Crippen LogP) is 3.19. The number of nitrogens with one attached hydrogen (secondary N) is 1. The van der Waals surface area contributed by atoms with Gasteiger partial charge in [0.25, 0.3) is 0 Å². The van der Waals surface area contributed by atoms with Crippen LogP contribution in [0.2, 0.25) is 0 Å². The fraction of sp³-hybridized carbons (Fsp3) is 1.00. The smallest absolute Gasteiger partial charge is 0.111 e. The second kappa shape index (κ2) is 3.48. The first-order valence-electron chi connectivity index (χ1n) is 6.04. The van der Waals surface area contributed by atoms with Gasteiger partial charge in [-0.2, -0.15) is 0 Å². The Kier molecular flexibility index (Phi) is 2.59. The molecule has 1 unspecified atom stereocenters. The molecule has 0 amide bonds. The maximum atomic E-state index is 13.9. The maximum absolute atomic E-state index is 13.9. The highest BCUT2D eigenvalue weighted by molar-refractivity contribution is 5.05. The molecule has 3 fully saturated rings. The Morgan fingerprint density at radius 1 is 1.14 bits per heavy atom. The van der Waals surface area contributed by atoms with E-state index in [2.05, 4.69) is 19.2 Å². The van der Waals surface area contributed by atoms with Gasteiger partial charge in [-0.05, 0) is 51.9 Å². The molecular formula is C12H22FN. The fourth-order valence-corrected chi connectivity index (χ4v) is 2.98. The van der Waals surface area contributed by atoms with E-state index in [1.165, 1.54) is 6.42 Å². The first kappa shape index (κ1) is 10.4. The minimum Gasteiger partial charge on any atom is -0.309 e. The van der Waals surface area contributed by atoms with E-state index in [0.717, 1.165) is 38.5 Å². The molecule has 1 nitrogen and oxygen atoms in total. The molecule has 3 aliphatic carbocycles. The van der Waals surface area contributed by atoms with Gasteiger partial charge in [0.15, 0.2) is 0 Å². The van der Waals surface area contributed by atoms with Crippen LogP contribution >= 0.6 is 0 Å². The molecule has 3 rings (SSSR count). The molecule has 1 N–H and O–H groups in total. The lowest BCUT2D eigenvalue weighted by atomic mass is 9.64. The SMILES string of the molecule is CCC(C)NC12CCC(F)(CC1)CC2. The van der Waals surface area contributed by atoms with Crippen molar-refractivity contribution in [1.82, 2.24) is 5.32 Å². The summed E-state index contributed by atoms with van der Waals surface area (Å²) >= 11 is 0. The molecule has 0 aromatic carbocycles. The highest BCUT2D eigenvalue weighted by Crippen LogP contribution is 2.49. The normalized spacial score (nSPS) is 43.9. The van der Waals surface area contributed by atoms with Crippen LogP contribution in [0.15, 0.2) is 0 Å². The standard InChI is InChI=1S/C12H22FN/c1-3-10(2)14-12-7-4-11(13,5-8-12)6-9-12/h10,14H,3-9H2,1-2H3. The first-order valence-corrected chi connectivity index (χ1v) is 6.04. The highest BCUT2D eigenvalue weighted by atomic mass is 19.1. The summed E-state index contributed by atoms with van der Waals surface area (Å²) in [7, 11) is 0. The third-order valence-electron chi connectivity index (χ3n) is 4.32. The van der Waals surface area contributed by atoms with Crippen molar-refractivity contribution in [3.63, 3.8) is 0 Å². The van der Waals surface area contributed by atoms with Crippen LogP contribution in [0.25, 0.3) is 0 Å². The molecule has 2 heteroatoms. The minimum absolute atomic E-state index is 0.295. The van der Waals surface area contributed by atoms with E-state index in [0.29, 0.717) is 11.6 Å². The molecule has 0 aliphatic heterocycles. The van der Waals surface area contributed by atoms with E-state index < -0.39 is 5.67 Å². The van der Waals surface area contributed by atoms with Gasteiger partial charge >= 0.3 is 0 Å². The zero-order chi connectivity index (χ0) is 10.2. The molecule has 3 saturated carbocycles. The Bertz CT molecular complexity index is 190. The first-order chi connectivity index (χ1) is 6.58. The van der Waals surface area contributed by atoms with Crippen LogP contribution in [-0.2, 0) is 0 Å². The molecular weight excluding hydrogens is 177 g/mol. The Morgan fingerprint density at radius 3 is 2.07 bits per heavy atom. The summed E-state index contributed by atoms with van der Waals surface area (Å²) in [5, 5.41) is 3.72. The van der Waals surface area contributed by atoms with Crippen molar-refractivity contribution in [1.29, 1.82) is 0 Å². The maximum Gasteiger partial charge on any atom is 0.111 e. The molecule has 1 atom stereocenters. The average molecular weight is 199 g/mol. The summed E-state index contributed by atoms with van der Waals surface area (Å²) in [4.78, 5) is 0. The van der Waals surface area contributed by atoms with E-state index in [1.54, 1.807) is 0 Å². The lowest BCUT2D eigenvalue weighted by molar-refractivity contribution is -0.0121. The molecule has 0 saturated heterocycles. The van der Waals surface area contributed by atoms with E-state index in [9.17, 15) is 4.39 Å². The number of fused-ring (bicyclic) bond motifs is 3. The Hall–Kier alpha value is -0.110. The Labute approximate surface area is 86.5 Å². The van der Waals surface area contributed by atoms with Gasteiger partial charge in [-0.3, -0.25) is 0 Å². The Morgan fingerprint density at radius 2 is 1.64 bits per heavy atom. The van der Waals surface area contributed by atoms with E-state index >= 15 is 0 Å². The van der Waals surface area contributed by atoms with Gasteiger partial charge in [-0.15, -0.1) is 0 Å². The zero-order valence-electron chi connectivity index (χ0n) is 9.41. The molecule has 2 bridgehead atoms. The van der Waals surface area contributed by atoms with Gasteiger partial charge in [0.05, 0.1) is 0 Å². The van der Waals surface area contributed by atoms with E-state index in [-0.39, 0.29) is 0 Å². The van der Waals surface area contributed by atoms with Crippen LogP contribution in [-0.4, -0.2) is 17.2 Å². The topological polar surface area (TPSA) is 12.0 Å². The molecule has 0 spiro atoms. The predicted molar refractivity (Wildman–Crippen MR) is 57.2 cm³/mol. The number of hydrogen-bond donors (Lipinski definition) is 1. The van der Waals surface area contributed by atoms with Gasteiger partial charge < -0.3 is 5.32 Å². The lowest BCUT2D eigenvalue weighted by Gasteiger charge is -2.51. The molecule has 0 heterocycles. The van der Waals surface area contributed by atoms with Crippen molar-refractivity contribution in [2.24, 2.45) is 0 Å². The Balaban J connectivity index is 1.98. The summed E-state index contributed by atoms with van der Waals surface area (Å²) in [5.41, 5.74) is -0.498. The van der Waals surface area contributed by atoms with Crippen molar-refractivity contribution >= 4 is 0 Å². The van der Waals surface area contributed by atoms with Gasteiger partial charge in [-0.1, -0.05) is 6.92 Å². The second-order valence-corrected chi connectivity index (χ2v) is 5.38. The summed E-state index contributed by atoms with van der Waals surface area (Å²) < 4.78 is 13.9. The second-order valence-electron chi connectivity index (χ2n) is 5.38. The van der Waals surface area contributed by atoms with Crippen LogP contribution < -0.4 is 5.32 Å². The molecule has 0 aromatic rings. The van der Waals surface area contributed by atoms with Crippen LogP contribution in [0.4, 0.5) is 4.39 Å². The van der Waals surface area contributed by atoms with Crippen LogP contribution in [0.1, 0.15) is 58.8 Å². The number of hydrogen-bond acceptors (Lipinski definition) is 1. The summed E-state index contributed by atoms with van der Waals surface area (Å²) in [6, 6.07) is 0.584. The highest BCUT2D eigenvalue weighted by Gasteiger charge is 2.48. The number of halogens is 1. The minimum atomic E-state index is -0.793. The van der Waals surface area contributed by atoms with Gasteiger partial charge in [-0.25, -0.2) is 4.39 Å². The lowest BCUT2D eigenvalue weighted by Crippen LogP contribution is -2.58. The van der Waals surface area contributed by atoms with Crippen molar-refractivity contribution in [2.45, 2.75) is 76.0 Å². The third-order valence-corrected chi connectivity index (χ3v) is 4.32. The summed E-state index contributed by atoms with van der Waals surface area (Å²) in [6.07, 6.45) is 6.68. The van der Waals surface area contributed by atoms with Crippen molar-refractivity contribution < 1.29 is 4.39 Å². The van der Waals surface area contributed by atoms with E-state index in [1.807, 2.05) is 0 Å². The molecule has 0 radical (unpaired) electrons. The summed E-state index contributed by atoms with van der Waals surface area (Å²) in [5.74, 6) is 0. The quantitative estimate of drug-likeness (QED) is 0.736. The molecule has 0 aromatic heterocycles. The van der Waals surface area contributed by atoms with Gasteiger partial charge in [0.2, 0.25) is 0 Å². The number of rotatable bonds is 3. The molecule has 14 heavy (non-hydrogen) atoms. The van der Waals surface area contributed by atoms with Crippen LogP contribution in [0.5, 0.6) is 0 Å². The molecule has 3 aliphatic rings. The fourth-order valence-electron chi connectivity index (χ4n) is 2.98. The summed E-state index contributed by atoms with van der Waals surface area (Å²) in [6.45, 7) is 4.44. The monoisotopic (exact) mass is 199 g/mol. The zero-order valence-corrected chi connectivity index (χ0v) is 9.41. The van der Waals surface area contributed by atoms with Crippen LogP contribution in [0.3, 0.4) is 0 Å². The largest absolute Gasteiger partial charge is 0.309 e. The van der Waals surface area contributed by atoms with Crippen molar-refractivity contribution in [3.05, 3.63) is 0 Å². The average Bonchev–Trinajstić information content (AvgIpc) is 2.20. The van der Waals surface area contributed by atoms with Gasteiger partial charge in [0, 0.05) is 11.6 Å². The van der Waals surface area contributed by atoms with E-state index in [4.69, 9.17) is 0 Å². The van der Waals surface area contributed by atoms with Crippen LogP contribution in [0, 0.1) is 0 Å². The third kappa shape index (κ3) is 1.81.